The topological polar surface area (TPSA) is 107 Å². The number of aliphatic hydroxyl groups is 1. The Morgan fingerprint density at radius 3 is 2.88 bits per heavy atom. The Hall–Kier alpha value is -3.01. The van der Waals surface area contributed by atoms with E-state index in [2.05, 4.69) is 20.5 Å². The molecule has 1 atom stereocenters. The van der Waals surface area contributed by atoms with Crippen LogP contribution in [0.4, 0.5) is 10.1 Å². The highest BCUT2D eigenvalue weighted by Crippen LogP contribution is 2.34. The van der Waals surface area contributed by atoms with E-state index in [4.69, 9.17) is 4.74 Å². The molecular weight excluding hydrogens is 417 g/mol. The Morgan fingerprint density at radius 1 is 1.38 bits per heavy atom. The van der Waals surface area contributed by atoms with Gasteiger partial charge in [0.2, 0.25) is 0 Å². The van der Waals surface area contributed by atoms with Crippen LogP contribution in [0.25, 0.3) is 11.6 Å². The van der Waals surface area contributed by atoms with Gasteiger partial charge in [0, 0.05) is 48.8 Å². The lowest BCUT2D eigenvalue weighted by Gasteiger charge is -2.28. The highest BCUT2D eigenvalue weighted by molar-refractivity contribution is 6.34. The Balaban J connectivity index is 1.47. The second-order valence-corrected chi connectivity index (χ2v) is 8.14. The van der Waals surface area contributed by atoms with Crippen molar-refractivity contribution in [3.8, 4) is 0 Å². The van der Waals surface area contributed by atoms with E-state index in [1.54, 1.807) is 19.9 Å². The number of benzene rings is 1. The number of hydrogen-bond donors (Lipinski definition) is 4. The fourth-order valence-electron chi connectivity index (χ4n) is 4.15. The van der Waals surface area contributed by atoms with Crippen molar-refractivity contribution >= 4 is 29.2 Å². The summed E-state index contributed by atoms with van der Waals surface area (Å²) in [7, 11) is 0. The molecular formula is C23H27FN4O4. The van der Waals surface area contributed by atoms with Gasteiger partial charge in [0.15, 0.2) is 0 Å². The largest absolute Gasteiger partial charge is 0.390 e. The lowest BCUT2D eigenvalue weighted by molar-refractivity contribution is -0.110. The second-order valence-electron chi connectivity index (χ2n) is 8.14. The fourth-order valence-corrected chi connectivity index (χ4v) is 4.15. The monoisotopic (exact) mass is 444 g/mol. The smallest absolute Gasteiger partial charge is 0.256 e. The normalized spacial score (nSPS) is 18.5. The summed E-state index contributed by atoms with van der Waals surface area (Å²) in [5, 5.41) is 15.8. The van der Waals surface area contributed by atoms with Gasteiger partial charge in [0.05, 0.1) is 30.5 Å². The van der Waals surface area contributed by atoms with Crippen LogP contribution < -0.4 is 10.6 Å². The van der Waals surface area contributed by atoms with E-state index in [-0.39, 0.29) is 18.4 Å². The maximum Gasteiger partial charge on any atom is 0.256 e. The van der Waals surface area contributed by atoms with Crippen LogP contribution in [0.15, 0.2) is 18.2 Å². The molecule has 1 saturated heterocycles. The van der Waals surface area contributed by atoms with Gasteiger partial charge in [0.1, 0.15) is 5.82 Å². The molecule has 2 amide bonds. The summed E-state index contributed by atoms with van der Waals surface area (Å²) in [6.07, 6.45) is 0.944. The number of anilines is 1. The average molecular weight is 444 g/mol. The molecule has 0 unspecified atom stereocenters. The Morgan fingerprint density at radius 2 is 2.12 bits per heavy atom. The number of aryl methyl sites for hydroxylation is 1. The van der Waals surface area contributed by atoms with Gasteiger partial charge in [-0.3, -0.25) is 14.5 Å². The molecule has 4 rings (SSSR count). The molecule has 1 aromatic carbocycles. The fraction of sp³-hybridized carbons (Fsp3) is 0.391. The Labute approximate surface area is 185 Å². The van der Waals surface area contributed by atoms with Crippen molar-refractivity contribution in [2.75, 3.05) is 44.7 Å². The van der Waals surface area contributed by atoms with Crippen molar-refractivity contribution in [2.45, 2.75) is 20.0 Å². The zero-order chi connectivity index (χ0) is 22.8. The molecule has 3 heterocycles. The molecule has 0 radical (unpaired) electrons. The predicted molar refractivity (Wildman–Crippen MR) is 119 cm³/mol. The Kier molecular flexibility index (Phi) is 6.40. The molecule has 32 heavy (non-hydrogen) atoms. The highest BCUT2D eigenvalue weighted by atomic mass is 19.1. The third-order valence-electron chi connectivity index (χ3n) is 5.83. The number of aromatic amines is 1. The first-order valence-corrected chi connectivity index (χ1v) is 10.6. The molecule has 8 nitrogen and oxygen atoms in total. The van der Waals surface area contributed by atoms with E-state index in [9.17, 15) is 19.1 Å². The molecule has 9 heteroatoms. The van der Waals surface area contributed by atoms with Crippen LogP contribution in [0.1, 0.15) is 32.9 Å². The van der Waals surface area contributed by atoms with Crippen molar-refractivity contribution in [1.29, 1.82) is 0 Å². The van der Waals surface area contributed by atoms with Gasteiger partial charge in [-0.15, -0.1) is 0 Å². The summed E-state index contributed by atoms with van der Waals surface area (Å²) in [4.78, 5) is 30.5. The van der Waals surface area contributed by atoms with E-state index in [0.717, 1.165) is 13.1 Å². The molecule has 4 N–H and O–H groups in total. The zero-order valence-corrected chi connectivity index (χ0v) is 18.1. The molecule has 1 fully saturated rings. The van der Waals surface area contributed by atoms with Gasteiger partial charge >= 0.3 is 0 Å². The molecule has 170 valence electrons. The molecule has 0 aliphatic carbocycles. The Bertz CT molecular complexity index is 1070. The summed E-state index contributed by atoms with van der Waals surface area (Å²) in [5.74, 6) is -1.06. The van der Waals surface area contributed by atoms with Gasteiger partial charge in [-0.1, -0.05) is 0 Å². The van der Waals surface area contributed by atoms with Crippen LogP contribution in [0, 0.1) is 19.7 Å². The number of morpholine rings is 1. The predicted octanol–water partition coefficient (Wildman–Crippen LogP) is 1.69. The number of halogens is 1. The molecule has 0 saturated carbocycles. The third kappa shape index (κ3) is 4.59. The minimum absolute atomic E-state index is 0.131. The number of carbonyl (C=O) groups is 2. The zero-order valence-electron chi connectivity index (χ0n) is 18.1. The first kappa shape index (κ1) is 22.2. The molecule has 1 aromatic heterocycles. The molecule has 2 aliphatic heterocycles. The summed E-state index contributed by atoms with van der Waals surface area (Å²) >= 11 is 0. The van der Waals surface area contributed by atoms with Crippen molar-refractivity contribution < 1.29 is 23.8 Å². The number of ether oxygens (including phenoxy) is 1. The third-order valence-corrected chi connectivity index (χ3v) is 5.83. The van der Waals surface area contributed by atoms with Crippen LogP contribution in [0.2, 0.25) is 0 Å². The van der Waals surface area contributed by atoms with Crippen LogP contribution in [-0.4, -0.2) is 72.3 Å². The summed E-state index contributed by atoms with van der Waals surface area (Å²) in [5.41, 5.74) is 3.75. The van der Waals surface area contributed by atoms with Gasteiger partial charge in [-0.2, -0.15) is 0 Å². The quantitative estimate of drug-likeness (QED) is 0.508. The SMILES string of the molecule is Cc1[nH]c(/C=C2/c3cc(F)ccc3N[14C]2=O)c(C)c1C(=O)NC[C@H](O)CN1CCOCC1. The molecule has 2 aromatic rings. The number of nitrogens with one attached hydrogen (secondary N) is 3. The molecule has 0 spiro atoms. The first-order valence-electron chi connectivity index (χ1n) is 10.6. The number of carbonyl (C=O) groups excluding carboxylic acids is 2. The number of fused-ring (bicyclic) bond motifs is 1. The standard InChI is InChI=1S/C23H27FN4O4/c1-13-20(10-18-17-9-15(24)3-4-19(17)27-22(18)30)26-14(2)21(13)23(31)25-11-16(29)12-28-5-7-32-8-6-28/h3-4,9-10,16,26,29H,5-8,11-12H2,1-2H3,(H,25,31)(H,27,30)/b18-10-/t16-/m0/s1/i22+2. The number of hydrogen-bond acceptors (Lipinski definition) is 5. The van der Waals surface area contributed by atoms with E-state index < -0.39 is 11.9 Å². The minimum Gasteiger partial charge on any atom is -0.390 e. The van der Waals surface area contributed by atoms with Gasteiger partial charge in [-0.25, -0.2) is 4.39 Å². The van der Waals surface area contributed by atoms with Crippen molar-refractivity contribution in [3.63, 3.8) is 0 Å². The van der Waals surface area contributed by atoms with Gasteiger partial charge < -0.3 is 25.5 Å². The van der Waals surface area contributed by atoms with Crippen LogP contribution in [0.5, 0.6) is 0 Å². The second kappa shape index (κ2) is 9.23. The van der Waals surface area contributed by atoms with Crippen molar-refractivity contribution in [2.24, 2.45) is 0 Å². The number of aliphatic hydroxyl groups excluding tert-OH is 1. The van der Waals surface area contributed by atoms with Crippen LogP contribution in [0.3, 0.4) is 0 Å². The lowest BCUT2D eigenvalue weighted by atomic mass is 10.1. The number of aromatic nitrogens is 1. The van der Waals surface area contributed by atoms with Gasteiger partial charge in [0.25, 0.3) is 11.8 Å². The van der Waals surface area contributed by atoms with E-state index in [1.807, 2.05) is 0 Å². The maximum absolute atomic E-state index is 13.7. The summed E-state index contributed by atoms with van der Waals surface area (Å²) in [6, 6.07) is 4.13. The van der Waals surface area contributed by atoms with E-state index >= 15 is 0 Å². The lowest BCUT2D eigenvalue weighted by Crippen LogP contribution is -2.44. The number of β-amino-alcohol motifs (C(OH)–C–C–N with tert-alkyl or cyclic N) is 1. The number of rotatable bonds is 6. The van der Waals surface area contributed by atoms with Crippen molar-refractivity contribution in [3.05, 3.63) is 52.1 Å². The summed E-state index contributed by atoms with van der Waals surface area (Å²) in [6.45, 7) is 6.98. The van der Waals surface area contributed by atoms with E-state index in [0.29, 0.717) is 59.1 Å². The average Bonchev–Trinajstić information content (AvgIpc) is 3.22. The summed E-state index contributed by atoms with van der Waals surface area (Å²) < 4.78 is 19.0. The molecule has 0 bridgehead atoms. The number of H-pyrrole nitrogens is 1. The maximum atomic E-state index is 13.7. The number of nitrogens with zero attached hydrogens (tertiary/aromatic N) is 1. The molecule has 2 aliphatic rings. The highest BCUT2D eigenvalue weighted by Gasteiger charge is 2.26. The minimum atomic E-state index is -0.688. The number of amides is 2. The van der Waals surface area contributed by atoms with Crippen molar-refractivity contribution in [1.82, 2.24) is 15.2 Å². The van der Waals surface area contributed by atoms with E-state index in [1.165, 1.54) is 18.2 Å². The van der Waals surface area contributed by atoms with Crippen LogP contribution in [-0.2, 0) is 9.53 Å². The van der Waals surface area contributed by atoms with Gasteiger partial charge in [-0.05, 0) is 43.7 Å². The van der Waals surface area contributed by atoms with Crippen LogP contribution >= 0.6 is 0 Å². The first-order chi connectivity index (χ1) is 15.3.